The van der Waals surface area contributed by atoms with Crippen molar-refractivity contribution < 1.29 is 29.4 Å². The maximum Gasteiger partial charge on any atom is 0.326 e. The van der Waals surface area contributed by atoms with E-state index in [1.165, 1.54) is 11.8 Å². The van der Waals surface area contributed by atoms with Crippen LogP contribution in [0.25, 0.3) is 0 Å². The molecule has 0 heterocycles. The lowest BCUT2D eigenvalue weighted by molar-refractivity contribution is -0.144. The van der Waals surface area contributed by atoms with Crippen LogP contribution in [-0.4, -0.2) is 76.7 Å². The Bertz CT molecular complexity index is 589. The smallest absolute Gasteiger partial charge is 0.326 e. The minimum Gasteiger partial charge on any atom is -0.480 e. The zero-order chi connectivity index (χ0) is 23.4. The number of nitrogens with two attached hydrogens (primary N) is 1. The molecule has 0 bridgehead atoms. The monoisotopic (exact) mass is 448 g/mol. The second-order valence-corrected chi connectivity index (χ2v) is 8.56. The van der Waals surface area contributed by atoms with Crippen LogP contribution in [-0.2, 0) is 19.2 Å². The van der Waals surface area contributed by atoms with Gasteiger partial charge in [0.05, 0.1) is 12.6 Å². The van der Waals surface area contributed by atoms with E-state index in [2.05, 4.69) is 16.0 Å². The van der Waals surface area contributed by atoms with E-state index in [1.54, 1.807) is 20.8 Å². The van der Waals surface area contributed by atoms with E-state index < -0.39 is 54.5 Å². The average Bonchev–Trinajstić information content (AvgIpc) is 2.70. The van der Waals surface area contributed by atoms with Gasteiger partial charge in [0.25, 0.3) is 0 Å². The summed E-state index contributed by atoms with van der Waals surface area (Å²) in [5, 5.41) is 26.2. The van der Waals surface area contributed by atoms with Gasteiger partial charge in [0.2, 0.25) is 17.7 Å². The topological polar surface area (TPSA) is 171 Å². The number of hydrogen-bond donors (Lipinski definition) is 6. The molecule has 0 aromatic heterocycles. The third kappa shape index (κ3) is 9.31. The zero-order valence-electron chi connectivity index (χ0n) is 18.3. The van der Waals surface area contributed by atoms with Crippen LogP contribution in [0.5, 0.6) is 0 Å². The lowest BCUT2D eigenvalue weighted by atomic mass is 9.96. The third-order valence-electron chi connectivity index (χ3n) is 4.81. The molecule has 0 saturated heterocycles. The van der Waals surface area contributed by atoms with Crippen molar-refractivity contribution in [1.29, 1.82) is 0 Å². The molecule has 0 spiro atoms. The zero-order valence-corrected chi connectivity index (χ0v) is 19.1. The lowest BCUT2D eigenvalue weighted by Gasteiger charge is -2.28. The number of aliphatic hydroxyl groups excluding tert-OH is 1. The van der Waals surface area contributed by atoms with Gasteiger partial charge in [-0.3, -0.25) is 14.4 Å². The first-order valence-electron chi connectivity index (χ1n) is 9.99. The van der Waals surface area contributed by atoms with Crippen molar-refractivity contribution in [2.24, 2.45) is 17.6 Å². The summed E-state index contributed by atoms with van der Waals surface area (Å²) in [6, 6.07) is -4.24. The number of carboxylic acid groups (broad SMARTS) is 1. The van der Waals surface area contributed by atoms with Gasteiger partial charge in [-0.1, -0.05) is 34.1 Å². The minimum atomic E-state index is -1.28. The Hall–Kier alpha value is -1.85. The van der Waals surface area contributed by atoms with E-state index in [9.17, 15) is 29.4 Å². The quantitative estimate of drug-likeness (QED) is 0.202. The Kier molecular flexibility index (Phi) is 13.3. The Morgan fingerprint density at radius 3 is 1.97 bits per heavy atom. The summed E-state index contributed by atoms with van der Waals surface area (Å²) < 4.78 is 0. The fourth-order valence-corrected chi connectivity index (χ4v) is 3.05. The van der Waals surface area contributed by atoms with Crippen molar-refractivity contribution in [3.8, 4) is 0 Å². The van der Waals surface area contributed by atoms with E-state index in [4.69, 9.17) is 5.73 Å². The molecule has 174 valence electrons. The molecule has 0 saturated carbocycles. The summed E-state index contributed by atoms with van der Waals surface area (Å²) in [4.78, 5) is 48.8. The number of hydrogen-bond acceptors (Lipinski definition) is 7. The van der Waals surface area contributed by atoms with E-state index >= 15 is 0 Å². The van der Waals surface area contributed by atoms with Crippen LogP contribution in [0.1, 0.15) is 40.5 Å². The van der Waals surface area contributed by atoms with Crippen molar-refractivity contribution in [3.63, 3.8) is 0 Å². The van der Waals surface area contributed by atoms with E-state index in [1.807, 2.05) is 13.2 Å². The van der Waals surface area contributed by atoms with Crippen molar-refractivity contribution in [3.05, 3.63) is 0 Å². The summed E-state index contributed by atoms with van der Waals surface area (Å²) in [7, 11) is 0. The van der Waals surface area contributed by atoms with Gasteiger partial charge in [-0.05, 0) is 30.3 Å². The first-order chi connectivity index (χ1) is 14.0. The lowest BCUT2D eigenvalue weighted by Crippen LogP contribution is -2.60. The van der Waals surface area contributed by atoms with Gasteiger partial charge in [-0.2, -0.15) is 11.8 Å². The van der Waals surface area contributed by atoms with E-state index in [0.29, 0.717) is 18.6 Å². The Morgan fingerprint density at radius 2 is 1.53 bits per heavy atom. The first-order valence-corrected chi connectivity index (χ1v) is 11.4. The van der Waals surface area contributed by atoms with E-state index in [0.717, 1.165) is 0 Å². The molecule has 0 aliphatic carbocycles. The molecule has 0 rings (SSSR count). The molecular formula is C19H36N4O6S. The second kappa shape index (κ2) is 14.2. The largest absolute Gasteiger partial charge is 0.480 e. The number of carbonyl (C=O) groups excluding carboxylic acids is 3. The van der Waals surface area contributed by atoms with Crippen molar-refractivity contribution in [2.45, 2.75) is 64.7 Å². The number of rotatable bonds is 14. The number of carbonyl (C=O) groups is 4. The van der Waals surface area contributed by atoms with Crippen LogP contribution in [0.2, 0.25) is 0 Å². The maximum absolute atomic E-state index is 12.7. The first kappa shape index (κ1) is 28.1. The summed E-state index contributed by atoms with van der Waals surface area (Å²) in [6.45, 7) is 6.21. The predicted molar refractivity (Wildman–Crippen MR) is 116 cm³/mol. The van der Waals surface area contributed by atoms with Gasteiger partial charge in [-0.25, -0.2) is 4.79 Å². The summed E-state index contributed by atoms with van der Waals surface area (Å²) >= 11 is 1.53. The molecule has 7 N–H and O–H groups in total. The highest BCUT2D eigenvalue weighted by molar-refractivity contribution is 7.98. The SMILES string of the molecule is CCC(C)C(NC(=O)C(CO)NC(=O)C(N)CCSC)C(=O)NC(C(=O)O)C(C)C. The van der Waals surface area contributed by atoms with Gasteiger partial charge in [-0.15, -0.1) is 0 Å². The molecular weight excluding hydrogens is 412 g/mol. The van der Waals surface area contributed by atoms with Crippen LogP contribution in [0, 0.1) is 11.8 Å². The molecule has 0 aliphatic heterocycles. The van der Waals surface area contributed by atoms with Crippen LogP contribution >= 0.6 is 11.8 Å². The molecule has 3 amide bonds. The van der Waals surface area contributed by atoms with Gasteiger partial charge < -0.3 is 31.9 Å². The molecule has 5 atom stereocenters. The number of aliphatic carboxylic acids is 1. The molecule has 0 aromatic carbocycles. The second-order valence-electron chi connectivity index (χ2n) is 7.57. The van der Waals surface area contributed by atoms with Crippen LogP contribution < -0.4 is 21.7 Å². The highest BCUT2D eigenvalue weighted by Crippen LogP contribution is 2.11. The fraction of sp³-hybridized carbons (Fsp3) is 0.789. The standard InChI is InChI=1S/C19H36N4O6S/c1-6-11(4)15(18(27)22-14(10(2)3)19(28)29)23-17(26)13(9-24)21-16(25)12(20)7-8-30-5/h10-15,24H,6-9,20H2,1-5H3,(H,21,25)(H,22,27)(H,23,26)(H,28,29). The summed E-state index contributed by atoms with van der Waals surface area (Å²) in [5.41, 5.74) is 5.78. The number of nitrogens with one attached hydrogen (secondary N) is 3. The molecule has 0 aromatic rings. The summed E-state index contributed by atoms with van der Waals surface area (Å²) in [5.74, 6) is -3.14. The van der Waals surface area contributed by atoms with Crippen molar-refractivity contribution in [2.75, 3.05) is 18.6 Å². The Labute approximate surface area is 182 Å². The molecule has 0 fully saturated rings. The Morgan fingerprint density at radius 1 is 0.967 bits per heavy atom. The molecule has 11 heteroatoms. The Balaban J connectivity index is 5.25. The van der Waals surface area contributed by atoms with Crippen LogP contribution in [0.4, 0.5) is 0 Å². The normalized spacial score (nSPS) is 16.1. The molecule has 0 aliphatic rings. The number of thioether (sulfide) groups is 1. The van der Waals surface area contributed by atoms with E-state index in [-0.39, 0.29) is 11.8 Å². The summed E-state index contributed by atoms with van der Waals surface area (Å²) in [6.07, 6.45) is 2.83. The van der Waals surface area contributed by atoms with Crippen LogP contribution in [0.15, 0.2) is 0 Å². The molecule has 30 heavy (non-hydrogen) atoms. The molecule has 5 unspecified atom stereocenters. The third-order valence-corrected chi connectivity index (χ3v) is 5.45. The highest BCUT2D eigenvalue weighted by Gasteiger charge is 2.33. The van der Waals surface area contributed by atoms with Crippen molar-refractivity contribution >= 4 is 35.5 Å². The molecule has 10 nitrogen and oxygen atoms in total. The van der Waals surface area contributed by atoms with Gasteiger partial charge in [0.1, 0.15) is 18.1 Å². The molecule has 0 radical (unpaired) electrons. The minimum absolute atomic E-state index is 0.311. The van der Waals surface area contributed by atoms with Crippen LogP contribution in [0.3, 0.4) is 0 Å². The number of carboxylic acids is 1. The maximum atomic E-state index is 12.7. The van der Waals surface area contributed by atoms with Gasteiger partial charge in [0, 0.05) is 0 Å². The van der Waals surface area contributed by atoms with Gasteiger partial charge >= 0.3 is 5.97 Å². The number of amides is 3. The average molecular weight is 449 g/mol. The van der Waals surface area contributed by atoms with Gasteiger partial charge in [0.15, 0.2) is 0 Å². The predicted octanol–water partition coefficient (Wildman–Crippen LogP) is -0.700. The van der Waals surface area contributed by atoms with Crippen molar-refractivity contribution in [1.82, 2.24) is 16.0 Å². The number of aliphatic hydroxyl groups is 1. The highest BCUT2D eigenvalue weighted by atomic mass is 32.2. The fourth-order valence-electron chi connectivity index (χ4n) is 2.56.